The Bertz CT molecular complexity index is 2720. The molecule has 0 saturated carbocycles. The number of para-hydroxylation sites is 3. The van der Waals surface area contributed by atoms with Crippen LogP contribution in [0.1, 0.15) is 17.4 Å². The average Bonchev–Trinajstić information content (AvgIpc) is 3.71. The number of amidine groups is 2. The number of aliphatic imine (C=N–C) groups is 2. The fourth-order valence-corrected chi connectivity index (χ4v) is 7.27. The second kappa shape index (κ2) is 10.5. The number of hydrogen-bond donors (Lipinski definition) is 1. The van der Waals surface area contributed by atoms with Crippen molar-refractivity contribution in [1.82, 2.24) is 9.88 Å². The zero-order chi connectivity index (χ0) is 31.6. The lowest BCUT2D eigenvalue weighted by atomic mass is 9.96. The van der Waals surface area contributed by atoms with E-state index in [1.165, 1.54) is 21.5 Å². The molecule has 0 bridgehead atoms. The zero-order valence-corrected chi connectivity index (χ0v) is 25.8. The summed E-state index contributed by atoms with van der Waals surface area (Å²) in [6.45, 7) is 0. The van der Waals surface area contributed by atoms with Crippen molar-refractivity contribution in [2.75, 3.05) is 0 Å². The lowest BCUT2D eigenvalue weighted by molar-refractivity contribution is 0.515. The molecule has 2 aromatic heterocycles. The summed E-state index contributed by atoms with van der Waals surface area (Å²) >= 11 is 0. The zero-order valence-electron chi connectivity index (χ0n) is 25.8. The number of rotatable bonds is 4. The van der Waals surface area contributed by atoms with Gasteiger partial charge in [-0.1, -0.05) is 127 Å². The molecule has 1 N–H and O–H groups in total. The predicted octanol–water partition coefficient (Wildman–Crippen LogP) is 10.5. The van der Waals surface area contributed by atoms with Crippen LogP contribution in [0, 0.1) is 0 Å². The smallest absolute Gasteiger partial charge is 0.204 e. The van der Waals surface area contributed by atoms with Crippen LogP contribution in [-0.4, -0.2) is 16.2 Å². The summed E-state index contributed by atoms with van der Waals surface area (Å²) in [7, 11) is 0. The van der Waals surface area contributed by atoms with Gasteiger partial charge in [-0.2, -0.15) is 0 Å². The van der Waals surface area contributed by atoms with Gasteiger partial charge in [0.15, 0.2) is 5.84 Å². The van der Waals surface area contributed by atoms with Gasteiger partial charge in [-0.3, -0.25) is 0 Å². The van der Waals surface area contributed by atoms with Gasteiger partial charge in [-0.15, -0.1) is 0 Å². The van der Waals surface area contributed by atoms with E-state index in [0.29, 0.717) is 5.84 Å². The highest BCUT2D eigenvalue weighted by Crippen LogP contribution is 2.40. The van der Waals surface area contributed by atoms with E-state index in [0.717, 1.165) is 61.1 Å². The first-order valence-corrected chi connectivity index (χ1v) is 16.2. The number of furan rings is 1. The highest BCUT2D eigenvalue weighted by molar-refractivity contribution is 6.21. The molecule has 9 aromatic rings. The molecule has 0 amide bonds. The summed E-state index contributed by atoms with van der Waals surface area (Å²) in [6, 6.07) is 55.0. The van der Waals surface area contributed by atoms with Crippen molar-refractivity contribution in [3.05, 3.63) is 169 Å². The summed E-state index contributed by atoms with van der Waals surface area (Å²) in [5, 5.41) is 10.6. The minimum Gasteiger partial charge on any atom is -0.455 e. The molecular weight excluding hydrogens is 589 g/mol. The molecule has 48 heavy (non-hydrogen) atoms. The Morgan fingerprint density at radius 2 is 1.21 bits per heavy atom. The molecular formula is C43H28N4O. The highest BCUT2D eigenvalue weighted by Gasteiger charge is 2.26. The number of nitrogens with one attached hydrogen (secondary N) is 1. The number of nitrogens with zero attached hydrogens (tertiary/aromatic N) is 3. The molecule has 0 radical (unpaired) electrons. The molecule has 1 aliphatic heterocycles. The first kappa shape index (κ1) is 26.7. The molecule has 1 atom stereocenters. The van der Waals surface area contributed by atoms with E-state index in [9.17, 15) is 0 Å². The van der Waals surface area contributed by atoms with E-state index in [4.69, 9.17) is 14.4 Å². The number of fused-ring (bicyclic) bond motifs is 7. The fourth-order valence-electron chi connectivity index (χ4n) is 7.27. The van der Waals surface area contributed by atoms with Crippen molar-refractivity contribution >= 4 is 66.2 Å². The average molecular weight is 617 g/mol. The van der Waals surface area contributed by atoms with E-state index in [1.807, 2.05) is 24.3 Å². The van der Waals surface area contributed by atoms with Gasteiger partial charge < -0.3 is 14.3 Å². The summed E-state index contributed by atoms with van der Waals surface area (Å²) in [5.74, 6) is 1.38. The molecule has 226 valence electrons. The third kappa shape index (κ3) is 4.11. The van der Waals surface area contributed by atoms with E-state index in [1.54, 1.807) is 0 Å². The Balaban J connectivity index is 1.20. The topological polar surface area (TPSA) is 54.8 Å². The van der Waals surface area contributed by atoms with Crippen LogP contribution < -0.4 is 5.32 Å². The lowest BCUT2D eigenvalue weighted by Gasteiger charge is -2.25. The van der Waals surface area contributed by atoms with Crippen molar-refractivity contribution in [3.63, 3.8) is 0 Å². The third-order valence-electron chi connectivity index (χ3n) is 9.46. The second-order valence-corrected chi connectivity index (χ2v) is 12.2. The minimum absolute atomic E-state index is 0.440. The van der Waals surface area contributed by atoms with E-state index in [-0.39, 0.29) is 0 Å². The van der Waals surface area contributed by atoms with Gasteiger partial charge in [0.1, 0.15) is 17.0 Å². The largest absolute Gasteiger partial charge is 0.455 e. The SMILES string of the molecule is c1ccc(C2=NC(c3cccc4c3oc3cccc(-c5ccc6ccccc6c5)c34)=NC(n3c4ccccc4c4ccccc43)N2)cc1. The molecule has 0 aliphatic carbocycles. The van der Waals surface area contributed by atoms with Crippen LogP contribution in [0.3, 0.4) is 0 Å². The van der Waals surface area contributed by atoms with Gasteiger partial charge in [0.2, 0.25) is 6.29 Å². The molecule has 7 aromatic carbocycles. The van der Waals surface area contributed by atoms with Crippen LogP contribution in [0.5, 0.6) is 0 Å². The second-order valence-electron chi connectivity index (χ2n) is 12.2. The molecule has 10 rings (SSSR count). The van der Waals surface area contributed by atoms with Crippen molar-refractivity contribution in [1.29, 1.82) is 0 Å². The van der Waals surface area contributed by atoms with Crippen molar-refractivity contribution < 1.29 is 4.42 Å². The number of benzene rings is 7. The Labute approximate surface area is 276 Å². The highest BCUT2D eigenvalue weighted by atomic mass is 16.3. The molecule has 5 heteroatoms. The Hall–Kier alpha value is -6.46. The Morgan fingerprint density at radius 3 is 2.02 bits per heavy atom. The van der Waals surface area contributed by atoms with E-state index >= 15 is 0 Å². The van der Waals surface area contributed by atoms with Crippen LogP contribution in [0.2, 0.25) is 0 Å². The maximum atomic E-state index is 6.72. The van der Waals surface area contributed by atoms with Crippen LogP contribution in [0.4, 0.5) is 0 Å². The van der Waals surface area contributed by atoms with Crippen LogP contribution >= 0.6 is 0 Å². The summed E-state index contributed by atoms with van der Waals surface area (Å²) in [4.78, 5) is 10.5. The van der Waals surface area contributed by atoms with Crippen LogP contribution in [0.15, 0.2) is 172 Å². The number of aromatic nitrogens is 1. The minimum atomic E-state index is -0.440. The Kier molecular flexibility index (Phi) is 5.87. The van der Waals surface area contributed by atoms with Gasteiger partial charge >= 0.3 is 0 Å². The summed E-state index contributed by atoms with van der Waals surface area (Å²) in [5.41, 5.74) is 7.97. The van der Waals surface area contributed by atoms with Crippen LogP contribution in [0.25, 0.3) is 65.6 Å². The molecule has 3 heterocycles. The van der Waals surface area contributed by atoms with Crippen molar-refractivity contribution in [3.8, 4) is 11.1 Å². The molecule has 0 fully saturated rings. The quantitative estimate of drug-likeness (QED) is 0.214. The first-order chi connectivity index (χ1) is 23.8. The van der Waals surface area contributed by atoms with Crippen molar-refractivity contribution in [2.45, 2.75) is 6.29 Å². The van der Waals surface area contributed by atoms with Gasteiger partial charge in [-0.25, -0.2) is 9.98 Å². The monoisotopic (exact) mass is 616 g/mol. The summed E-state index contributed by atoms with van der Waals surface area (Å²) < 4.78 is 8.99. The molecule has 0 saturated heterocycles. The van der Waals surface area contributed by atoms with Gasteiger partial charge in [0, 0.05) is 27.1 Å². The van der Waals surface area contributed by atoms with Gasteiger partial charge in [0.05, 0.1) is 16.6 Å². The molecule has 1 unspecified atom stereocenters. The maximum absolute atomic E-state index is 6.72. The molecule has 0 spiro atoms. The van der Waals surface area contributed by atoms with Crippen molar-refractivity contribution in [2.24, 2.45) is 9.98 Å². The maximum Gasteiger partial charge on any atom is 0.204 e. The third-order valence-corrected chi connectivity index (χ3v) is 9.46. The normalized spacial score (nSPS) is 14.9. The van der Waals surface area contributed by atoms with Gasteiger partial charge in [-0.05, 0) is 52.2 Å². The lowest BCUT2D eigenvalue weighted by Crippen LogP contribution is -2.36. The summed E-state index contributed by atoms with van der Waals surface area (Å²) in [6.07, 6.45) is -0.440. The number of hydrogen-bond acceptors (Lipinski definition) is 4. The standard InChI is InChI=1S/C43H28N4O/c1-2-13-28(14-3-1)41-44-42(46-43(45-41)47-36-21-8-6-16-32(36)33-17-7-9-22-37(33)47)35-20-10-19-34-39-31(18-11-23-38(39)48-40(34)35)30-25-24-27-12-4-5-15-29(27)26-30/h1-26,43H,(H,44,45,46). The fraction of sp³-hybridized carbons (Fsp3) is 0.0233. The van der Waals surface area contributed by atoms with Gasteiger partial charge in [0.25, 0.3) is 0 Å². The van der Waals surface area contributed by atoms with E-state index in [2.05, 4.69) is 143 Å². The molecule has 1 aliphatic rings. The first-order valence-electron chi connectivity index (χ1n) is 16.2. The van der Waals surface area contributed by atoms with E-state index < -0.39 is 6.29 Å². The molecule has 5 nitrogen and oxygen atoms in total. The Morgan fingerprint density at radius 1 is 0.542 bits per heavy atom. The predicted molar refractivity (Wildman–Crippen MR) is 198 cm³/mol. The van der Waals surface area contributed by atoms with Crippen LogP contribution in [-0.2, 0) is 0 Å².